The molecule has 1 heterocycles. The number of para-hydroxylation sites is 1. The van der Waals surface area contributed by atoms with Crippen molar-refractivity contribution in [1.29, 1.82) is 5.26 Å². The molecular weight excluding hydrogens is 204 g/mol. The van der Waals surface area contributed by atoms with Gasteiger partial charge >= 0.3 is 0 Å². The van der Waals surface area contributed by atoms with E-state index in [4.69, 9.17) is 10.00 Å². The van der Waals surface area contributed by atoms with Gasteiger partial charge in [-0.15, -0.1) is 0 Å². The molecule has 0 radical (unpaired) electrons. The lowest BCUT2D eigenvalue weighted by Crippen LogP contribution is -2.25. The molecule has 82 valence electrons. The molecule has 16 heavy (non-hydrogen) atoms. The van der Waals surface area contributed by atoms with Gasteiger partial charge in [-0.3, -0.25) is 4.79 Å². The number of carbonyl (C=O) groups excluding carboxylic acids is 1. The van der Waals surface area contributed by atoms with Gasteiger partial charge in [0.15, 0.2) is 0 Å². The first kappa shape index (κ1) is 10.5. The Balaban J connectivity index is 2.53. The van der Waals surface area contributed by atoms with Crippen molar-refractivity contribution in [2.75, 3.05) is 18.6 Å². The number of rotatable bonds is 2. The summed E-state index contributed by atoms with van der Waals surface area (Å²) in [6, 6.07) is 7.31. The van der Waals surface area contributed by atoms with Crippen LogP contribution >= 0.6 is 0 Å². The second kappa shape index (κ2) is 4.23. The molecule has 0 unspecified atom stereocenters. The lowest BCUT2D eigenvalue weighted by molar-refractivity contribution is -0.117. The third-order valence-electron chi connectivity index (χ3n) is 2.68. The molecule has 0 N–H and O–H groups in total. The second-order valence-corrected chi connectivity index (χ2v) is 3.62. The molecule has 1 saturated heterocycles. The predicted octanol–water partition coefficient (Wildman–Crippen LogP) is 1.69. The molecule has 0 spiro atoms. The molecule has 0 atom stereocenters. The lowest BCUT2D eigenvalue weighted by atomic mass is 10.1. The van der Waals surface area contributed by atoms with Gasteiger partial charge in [0.25, 0.3) is 0 Å². The molecule has 0 aromatic heterocycles. The van der Waals surface area contributed by atoms with Crippen molar-refractivity contribution in [3.8, 4) is 11.8 Å². The number of anilines is 1. The van der Waals surface area contributed by atoms with Crippen LogP contribution in [0.4, 0.5) is 5.69 Å². The highest BCUT2D eigenvalue weighted by atomic mass is 16.5. The molecule has 0 aliphatic carbocycles. The summed E-state index contributed by atoms with van der Waals surface area (Å²) >= 11 is 0. The molecular formula is C12H12N2O2. The Morgan fingerprint density at radius 1 is 1.50 bits per heavy atom. The van der Waals surface area contributed by atoms with Gasteiger partial charge in [0, 0.05) is 13.0 Å². The fourth-order valence-corrected chi connectivity index (χ4v) is 1.94. The molecule has 0 bridgehead atoms. The normalized spacial score (nSPS) is 15.0. The molecule has 4 nitrogen and oxygen atoms in total. The van der Waals surface area contributed by atoms with Crippen molar-refractivity contribution in [1.82, 2.24) is 0 Å². The summed E-state index contributed by atoms with van der Waals surface area (Å²) in [5.74, 6) is 0.635. The average molecular weight is 216 g/mol. The Hall–Kier alpha value is -2.02. The maximum Gasteiger partial charge on any atom is 0.227 e. The van der Waals surface area contributed by atoms with E-state index in [1.165, 1.54) is 0 Å². The number of amides is 1. The average Bonchev–Trinajstić information content (AvgIpc) is 2.74. The van der Waals surface area contributed by atoms with Gasteiger partial charge < -0.3 is 9.64 Å². The van der Waals surface area contributed by atoms with Crippen molar-refractivity contribution in [3.05, 3.63) is 23.8 Å². The monoisotopic (exact) mass is 216 g/mol. The third-order valence-corrected chi connectivity index (χ3v) is 2.68. The molecule has 1 amide bonds. The van der Waals surface area contributed by atoms with Crippen LogP contribution in [0.15, 0.2) is 18.2 Å². The zero-order chi connectivity index (χ0) is 11.5. The van der Waals surface area contributed by atoms with Crippen LogP contribution in [0, 0.1) is 11.3 Å². The smallest absolute Gasteiger partial charge is 0.227 e. The molecule has 4 heteroatoms. The van der Waals surface area contributed by atoms with Gasteiger partial charge in [0.2, 0.25) is 5.91 Å². The van der Waals surface area contributed by atoms with Crippen molar-refractivity contribution >= 4 is 11.6 Å². The Morgan fingerprint density at radius 3 is 2.88 bits per heavy atom. The van der Waals surface area contributed by atoms with Gasteiger partial charge in [0.1, 0.15) is 17.5 Å². The van der Waals surface area contributed by atoms with Crippen LogP contribution in [-0.4, -0.2) is 19.6 Å². The quantitative estimate of drug-likeness (QED) is 0.756. The highest BCUT2D eigenvalue weighted by Crippen LogP contribution is 2.34. The van der Waals surface area contributed by atoms with Gasteiger partial charge in [-0.25, -0.2) is 0 Å². The van der Waals surface area contributed by atoms with Crippen LogP contribution in [0.1, 0.15) is 18.4 Å². The van der Waals surface area contributed by atoms with E-state index in [0.29, 0.717) is 30.0 Å². The molecule has 1 fully saturated rings. The van der Waals surface area contributed by atoms with E-state index in [9.17, 15) is 4.79 Å². The lowest BCUT2D eigenvalue weighted by Gasteiger charge is -2.19. The number of nitrogens with zero attached hydrogens (tertiary/aromatic N) is 2. The number of benzene rings is 1. The summed E-state index contributed by atoms with van der Waals surface area (Å²) in [6.07, 6.45) is 1.38. The Bertz CT molecular complexity index is 463. The van der Waals surface area contributed by atoms with Crippen LogP contribution in [-0.2, 0) is 4.79 Å². The minimum Gasteiger partial charge on any atom is -0.495 e. The molecule has 2 rings (SSSR count). The van der Waals surface area contributed by atoms with Crippen molar-refractivity contribution in [2.45, 2.75) is 12.8 Å². The number of ether oxygens (including phenoxy) is 1. The van der Waals surface area contributed by atoms with Crippen LogP contribution in [0.25, 0.3) is 0 Å². The first-order chi connectivity index (χ1) is 7.77. The third kappa shape index (κ3) is 1.61. The number of nitriles is 1. The van der Waals surface area contributed by atoms with Crippen molar-refractivity contribution in [2.24, 2.45) is 0 Å². The first-order valence-corrected chi connectivity index (χ1v) is 5.15. The highest BCUT2D eigenvalue weighted by molar-refractivity contribution is 5.98. The standard InChI is InChI=1S/C12H12N2O2/c1-16-10-5-2-4-9(8-13)12(10)14-7-3-6-11(14)15/h2,4-5H,3,6-7H2,1H3. The largest absolute Gasteiger partial charge is 0.495 e. The number of hydrogen-bond acceptors (Lipinski definition) is 3. The van der Waals surface area contributed by atoms with E-state index < -0.39 is 0 Å². The first-order valence-electron chi connectivity index (χ1n) is 5.15. The molecule has 1 aromatic carbocycles. The minimum absolute atomic E-state index is 0.0565. The summed E-state index contributed by atoms with van der Waals surface area (Å²) < 4.78 is 5.20. The molecule has 1 aliphatic rings. The van der Waals surface area contributed by atoms with Gasteiger partial charge in [-0.1, -0.05) is 6.07 Å². The van der Waals surface area contributed by atoms with Crippen LogP contribution in [0.5, 0.6) is 5.75 Å². The van der Waals surface area contributed by atoms with E-state index in [1.807, 2.05) is 0 Å². The fraction of sp³-hybridized carbons (Fsp3) is 0.333. The van der Waals surface area contributed by atoms with Gasteiger partial charge in [0.05, 0.1) is 12.7 Å². The SMILES string of the molecule is COc1cccc(C#N)c1N1CCCC1=O. The van der Waals surface area contributed by atoms with E-state index in [1.54, 1.807) is 30.2 Å². The Morgan fingerprint density at radius 2 is 2.31 bits per heavy atom. The summed E-state index contributed by atoms with van der Waals surface area (Å²) in [6.45, 7) is 0.661. The maximum absolute atomic E-state index is 11.7. The van der Waals surface area contributed by atoms with E-state index >= 15 is 0 Å². The molecule has 0 saturated carbocycles. The number of carbonyl (C=O) groups is 1. The molecule has 1 aromatic rings. The predicted molar refractivity (Wildman–Crippen MR) is 59.3 cm³/mol. The van der Waals surface area contributed by atoms with Crippen LogP contribution in [0.2, 0.25) is 0 Å². The topological polar surface area (TPSA) is 53.3 Å². The van der Waals surface area contributed by atoms with Crippen molar-refractivity contribution < 1.29 is 9.53 Å². The second-order valence-electron chi connectivity index (χ2n) is 3.62. The number of hydrogen-bond donors (Lipinski definition) is 0. The van der Waals surface area contributed by atoms with Gasteiger partial charge in [-0.2, -0.15) is 5.26 Å². The zero-order valence-electron chi connectivity index (χ0n) is 9.06. The van der Waals surface area contributed by atoms with Gasteiger partial charge in [-0.05, 0) is 18.6 Å². The molecule has 1 aliphatic heterocycles. The fourth-order valence-electron chi connectivity index (χ4n) is 1.94. The summed E-state index contributed by atoms with van der Waals surface area (Å²) in [5, 5.41) is 9.04. The summed E-state index contributed by atoms with van der Waals surface area (Å²) in [7, 11) is 1.54. The summed E-state index contributed by atoms with van der Waals surface area (Å²) in [4.78, 5) is 13.3. The van der Waals surface area contributed by atoms with E-state index in [0.717, 1.165) is 6.42 Å². The van der Waals surface area contributed by atoms with E-state index in [2.05, 4.69) is 6.07 Å². The Kier molecular flexibility index (Phi) is 2.78. The zero-order valence-corrected chi connectivity index (χ0v) is 9.06. The van der Waals surface area contributed by atoms with Crippen molar-refractivity contribution in [3.63, 3.8) is 0 Å². The van der Waals surface area contributed by atoms with Crippen LogP contribution < -0.4 is 9.64 Å². The van der Waals surface area contributed by atoms with E-state index in [-0.39, 0.29) is 5.91 Å². The maximum atomic E-state index is 11.7. The highest BCUT2D eigenvalue weighted by Gasteiger charge is 2.26. The number of methoxy groups -OCH3 is 1. The van der Waals surface area contributed by atoms with Crippen LogP contribution in [0.3, 0.4) is 0 Å². The minimum atomic E-state index is 0.0565. The Labute approximate surface area is 94.0 Å². The summed E-state index contributed by atoms with van der Waals surface area (Å²) in [5.41, 5.74) is 1.09.